The van der Waals surface area contributed by atoms with Crippen LogP contribution < -0.4 is 19.7 Å². The first-order valence-corrected chi connectivity index (χ1v) is 14.2. The van der Waals surface area contributed by atoms with Crippen LogP contribution in [0.15, 0.2) is 85.1 Å². The van der Waals surface area contributed by atoms with Crippen molar-refractivity contribution >= 4 is 52.2 Å². The number of pyridine rings is 1. The van der Waals surface area contributed by atoms with Gasteiger partial charge in [-0.15, -0.1) is 0 Å². The number of rotatable bonds is 3. The van der Waals surface area contributed by atoms with Gasteiger partial charge in [0.1, 0.15) is 17.8 Å². The largest absolute Gasteiger partial charge is 0.326 e. The van der Waals surface area contributed by atoms with Crippen molar-refractivity contribution in [2.75, 3.05) is 53.9 Å². The molecule has 2 aromatic carbocycles. The van der Waals surface area contributed by atoms with Crippen molar-refractivity contribution in [3.05, 3.63) is 90.6 Å². The molecule has 6 heterocycles. The highest BCUT2D eigenvalue weighted by Crippen LogP contribution is 2.54. The monoisotopic (exact) mass is 541 g/mol. The summed E-state index contributed by atoms with van der Waals surface area (Å²) < 4.78 is 6.78. The fourth-order valence-electron chi connectivity index (χ4n) is 6.79. The number of aryl methyl sites for hydroxylation is 1. The zero-order valence-electron chi connectivity index (χ0n) is 23.9. The number of anilines is 7. The van der Waals surface area contributed by atoms with Crippen LogP contribution in [0.4, 0.5) is 46.0 Å². The van der Waals surface area contributed by atoms with E-state index in [0.717, 1.165) is 54.0 Å². The summed E-state index contributed by atoms with van der Waals surface area (Å²) in [4.78, 5) is 12.3. The first kappa shape index (κ1) is 23.9. The highest BCUT2D eigenvalue weighted by atomic mass is 15.6. The summed E-state index contributed by atoms with van der Waals surface area (Å²) in [6.45, 7) is 1.72. The van der Waals surface area contributed by atoms with Crippen LogP contribution in [0.25, 0.3) is 11.3 Å². The van der Waals surface area contributed by atoms with Gasteiger partial charge in [-0.25, -0.2) is 18.8 Å². The predicted octanol–water partition coefficient (Wildman–Crippen LogP) is 6.06. The van der Waals surface area contributed by atoms with Gasteiger partial charge >= 0.3 is 0 Å². The highest BCUT2D eigenvalue weighted by molar-refractivity contribution is 5.99. The van der Waals surface area contributed by atoms with E-state index in [1.807, 2.05) is 0 Å². The van der Waals surface area contributed by atoms with Gasteiger partial charge in [0.2, 0.25) is 0 Å². The minimum Gasteiger partial charge on any atom is -0.326 e. The maximum absolute atomic E-state index is 5.27. The Kier molecular flexibility index (Phi) is 5.10. The van der Waals surface area contributed by atoms with E-state index in [4.69, 9.17) is 4.98 Å². The molecule has 204 valence electrons. The number of likely N-dealkylation sites (N-methyl/N-ethyl adjacent to an activating group) is 1. The number of fused-ring (bicyclic) bond motifs is 5. The minimum absolute atomic E-state index is 0.848. The molecular formula is C33H33N8+. The van der Waals surface area contributed by atoms with Crippen LogP contribution in [0.3, 0.4) is 0 Å². The zero-order chi connectivity index (χ0) is 27.8. The lowest BCUT2D eigenvalue weighted by Gasteiger charge is -2.41. The van der Waals surface area contributed by atoms with E-state index >= 15 is 0 Å². The average molecular weight is 542 g/mol. The normalized spacial score (nSPS) is 15.5. The molecule has 41 heavy (non-hydrogen) atoms. The summed E-state index contributed by atoms with van der Waals surface area (Å²) in [6.07, 6.45) is 5.39. The van der Waals surface area contributed by atoms with Crippen molar-refractivity contribution in [1.29, 1.82) is 0 Å². The molecule has 0 saturated heterocycles. The molecule has 8 nitrogen and oxygen atoms in total. The third kappa shape index (κ3) is 3.40. The number of para-hydroxylation sites is 3. The molecule has 8 rings (SSSR count). The highest BCUT2D eigenvalue weighted by Gasteiger charge is 2.37. The Morgan fingerprint density at radius 3 is 2.41 bits per heavy atom. The Labute approximate surface area is 240 Å². The van der Waals surface area contributed by atoms with E-state index in [0.29, 0.717) is 0 Å². The van der Waals surface area contributed by atoms with Crippen molar-refractivity contribution in [1.82, 2.24) is 14.2 Å². The zero-order valence-corrected chi connectivity index (χ0v) is 23.9. The van der Waals surface area contributed by atoms with Gasteiger partial charge in [0.25, 0.3) is 5.82 Å². The smallest absolute Gasteiger partial charge is 0.285 e. The maximum atomic E-state index is 5.27. The van der Waals surface area contributed by atoms with Gasteiger partial charge in [-0.3, -0.25) is 0 Å². The molecule has 0 spiro atoms. The van der Waals surface area contributed by atoms with Gasteiger partial charge in [0.05, 0.1) is 60.7 Å². The Hall–Kier alpha value is -4.98. The van der Waals surface area contributed by atoms with Crippen molar-refractivity contribution in [2.24, 2.45) is 7.05 Å². The van der Waals surface area contributed by atoms with Crippen LogP contribution in [-0.2, 0) is 13.5 Å². The van der Waals surface area contributed by atoms with Crippen LogP contribution in [0.2, 0.25) is 0 Å². The van der Waals surface area contributed by atoms with Crippen LogP contribution in [-0.4, -0.2) is 59.2 Å². The third-order valence-electron chi connectivity index (χ3n) is 8.68. The molecule has 3 aliphatic rings. The Morgan fingerprint density at radius 2 is 1.59 bits per heavy atom. The van der Waals surface area contributed by atoms with Gasteiger partial charge in [0.15, 0.2) is 5.82 Å². The number of hydrogen-bond donors (Lipinski definition) is 0. The van der Waals surface area contributed by atoms with Gasteiger partial charge in [0, 0.05) is 38.8 Å². The summed E-state index contributed by atoms with van der Waals surface area (Å²) in [5.74, 6) is 4.47. The fourth-order valence-corrected chi connectivity index (χ4v) is 6.79. The second-order valence-electron chi connectivity index (χ2n) is 11.1. The number of aromatic nitrogens is 3. The minimum atomic E-state index is 0.848. The topological polar surface area (TPSA) is 38.7 Å². The number of hydrogen-bond acceptors (Lipinski definition) is 5. The van der Waals surface area contributed by atoms with Crippen molar-refractivity contribution < 1.29 is 4.58 Å². The van der Waals surface area contributed by atoms with Crippen molar-refractivity contribution in [3.63, 3.8) is 0 Å². The molecule has 0 bridgehead atoms. The van der Waals surface area contributed by atoms with E-state index in [1.165, 1.54) is 28.3 Å². The first-order valence-electron chi connectivity index (χ1n) is 14.2. The lowest BCUT2D eigenvalue weighted by atomic mass is 10.1. The van der Waals surface area contributed by atoms with Crippen molar-refractivity contribution in [3.8, 4) is 11.3 Å². The van der Waals surface area contributed by atoms with E-state index in [2.05, 4.69) is 153 Å². The molecule has 0 N–H and O–H groups in total. The van der Waals surface area contributed by atoms with E-state index in [9.17, 15) is 0 Å². The van der Waals surface area contributed by atoms with Gasteiger partial charge in [-0.2, -0.15) is 0 Å². The molecule has 5 aromatic rings. The van der Waals surface area contributed by atoms with E-state index in [-0.39, 0.29) is 0 Å². The van der Waals surface area contributed by atoms with Crippen LogP contribution >= 0.6 is 0 Å². The Bertz CT molecular complexity index is 1850. The molecule has 3 aliphatic heterocycles. The van der Waals surface area contributed by atoms with E-state index in [1.54, 1.807) is 0 Å². The summed E-state index contributed by atoms with van der Waals surface area (Å²) in [6, 6.07) is 28.0. The number of nitrogens with zero attached hydrogens (tertiary/aromatic N) is 8. The molecular weight excluding hydrogens is 508 g/mol. The number of benzene rings is 2. The molecule has 0 atom stereocenters. The Morgan fingerprint density at radius 1 is 0.805 bits per heavy atom. The van der Waals surface area contributed by atoms with E-state index < -0.39 is 0 Å². The first-order chi connectivity index (χ1) is 20.0. The summed E-state index contributed by atoms with van der Waals surface area (Å²) in [5.41, 5.74) is 8.21. The predicted molar refractivity (Wildman–Crippen MR) is 167 cm³/mol. The molecule has 8 heteroatoms. The van der Waals surface area contributed by atoms with Gasteiger partial charge < -0.3 is 19.7 Å². The van der Waals surface area contributed by atoms with Crippen LogP contribution in [0.1, 0.15) is 5.56 Å². The second kappa shape index (κ2) is 8.76. The fraction of sp³-hybridized carbons (Fsp3) is 0.212. The quantitative estimate of drug-likeness (QED) is 0.260. The SMILES string of the molecule is CN1c2ccccc2N(c2ccccc2)c2cc3n(c21)N(C)CCN3c1cccc(-c2cn(C)c3c2CC=[N+]3C)n1. The molecule has 0 amide bonds. The molecule has 0 radical (unpaired) electrons. The summed E-state index contributed by atoms with van der Waals surface area (Å²) in [7, 11) is 8.58. The summed E-state index contributed by atoms with van der Waals surface area (Å²) in [5, 5.41) is 2.32. The Balaban J connectivity index is 1.28. The molecule has 0 saturated carbocycles. The van der Waals surface area contributed by atoms with Gasteiger partial charge in [-0.1, -0.05) is 36.4 Å². The molecule has 0 fully saturated rings. The second-order valence-corrected chi connectivity index (χ2v) is 11.1. The van der Waals surface area contributed by atoms with Crippen LogP contribution in [0, 0.1) is 0 Å². The maximum Gasteiger partial charge on any atom is 0.285 e. The lowest BCUT2D eigenvalue weighted by Crippen LogP contribution is -2.45. The lowest BCUT2D eigenvalue weighted by molar-refractivity contribution is -0.403. The standard InChI is InChI=1S/C33H33N8/c1-35-18-17-24-25(22-36(2)32(24)35)26-13-10-16-30(34-26)39-20-19-37(3)41-31(39)21-29-33(41)38(4)27-14-8-9-15-28(27)40(29)23-11-6-5-7-12-23/h5-16,18,21-22H,17,19-20H2,1-4H3/q+1. The molecule has 0 unspecified atom stereocenters. The molecule has 0 aliphatic carbocycles. The van der Waals surface area contributed by atoms with Gasteiger partial charge in [-0.05, 0) is 36.4 Å². The third-order valence-corrected chi connectivity index (χ3v) is 8.68. The average Bonchev–Trinajstić information content (AvgIpc) is 3.68. The van der Waals surface area contributed by atoms with Crippen LogP contribution in [0.5, 0.6) is 0 Å². The summed E-state index contributed by atoms with van der Waals surface area (Å²) >= 11 is 0. The molecule has 3 aromatic heterocycles. The van der Waals surface area contributed by atoms with Crippen molar-refractivity contribution in [2.45, 2.75) is 6.42 Å².